The minimum absolute atomic E-state index is 0.104. The van der Waals surface area contributed by atoms with E-state index in [9.17, 15) is 14.4 Å². The molecule has 0 saturated carbocycles. The molecule has 1 fully saturated rings. The van der Waals surface area contributed by atoms with Gasteiger partial charge in [0.1, 0.15) is 12.4 Å². The van der Waals surface area contributed by atoms with Crippen LogP contribution in [0.2, 0.25) is 0 Å². The molecule has 1 aromatic heterocycles. The molecule has 2 heterocycles. The fraction of sp³-hybridized carbons (Fsp3) is 0.185. The normalized spacial score (nSPS) is 14.5. The monoisotopic (exact) mass is 487 g/mol. The van der Waals surface area contributed by atoms with E-state index in [0.29, 0.717) is 17.1 Å². The van der Waals surface area contributed by atoms with E-state index in [4.69, 9.17) is 4.74 Å². The number of thioether (sulfide) groups is 1. The lowest BCUT2D eigenvalue weighted by Crippen LogP contribution is -2.37. The molecule has 8 heteroatoms. The van der Waals surface area contributed by atoms with Gasteiger partial charge in [-0.3, -0.25) is 24.3 Å². The SMILES string of the molecule is Cc1cc(C(=O)NCCN2C(=O)S/C(=C\c3ccccc3)C2=O)cc(C)c1OCc1cccnc1. The Morgan fingerprint density at radius 3 is 2.51 bits per heavy atom. The van der Waals surface area contributed by atoms with E-state index < -0.39 is 0 Å². The smallest absolute Gasteiger partial charge is 0.293 e. The van der Waals surface area contributed by atoms with Gasteiger partial charge in [0.15, 0.2) is 0 Å². The number of rotatable bonds is 8. The molecule has 1 aliphatic rings. The van der Waals surface area contributed by atoms with Gasteiger partial charge in [0.2, 0.25) is 0 Å². The van der Waals surface area contributed by atoms with Gasteiger partial charge in [0.25, 0.3) is 17.1 Å². The molecule has 178 valence electrons. The van der Waals surface area contributed by atoms with E-state index in [1.54, 1.807) is 30.6 Å². The standard InChI is InChI=1S/C27H25N3O4S/c1-18-13-22(14-19(2)24(18)34-17-21-9-6-10-28-16-21)25(31)29-11-12-30-26(32)23(35-27(30)33)15-20-7-4-3-5-8-20/h3-10,13-16H,11-12,17H2,1-2H3,(H,29,31)/b23-15-. The van der Waals surface area contributed by atoms with Crippen molar-refractivity contribution in [2.75, 3.05) is 13.1 Å². The fourth-order valence-electron chi connectivity index (χ4n) is 3.72. The molecule has 0 unspecified atom stereocenters. The van der Waals surface area contributed by atoms with Crippen LogP contribution in [0, 0.1) is 13.8 Å². The number of carbonyl (C=O) groups excluding carboxylic acids is 3. The number of hydrogen-bond donors (Lipinski definition) is 1. The van der Waals surface area contributed by atoms with Gasteiger partial charge in [-0.05, 0) is 66.6 Å². The fourth-order valence-corrected chi connectivity index (χ4v) is 4.59. The van der Waals surface area contributed by atoms with Crippen LogP contribution in [0.3, 0.4) is 0 Å². The molecule has 4 rings (SSSR count). The number of pyridine rings is 1. The van der Waals surface area contributed by atoms with Gasteiger partial charge in [-0.15, -0.1) is 0 Å². The summed E-state index contributed by atoms with van der Waals surface area (Å²) in [5.41, 5.74) is 3.99. The number of imide groups is 1. The number of nitrogens with one attached hydrogen (secondary N) is 1. The second-order valence-corrected chi connectivity index (χ2v) is 9.08. The molecular weight excluding hydrogens is 462 g/mol. The van der Waals surface area contributed by atoms with E-state index in [1.807, 2.05) is 56.3 Å². The van der Waals surface area contributed by atoms with Crippen molar-refractivity contribution in [3.8, 4) is 5.75 Å². The Kier molecular flexibility index (Phi) is 7.62. The van der Waals surface area contributed by atoms with Crippen LogP contribution in [0.5, 0.6) is 5.75 Å². The molecule has 2 aromatic carbocycles. The second kappa shape index (κ2) is 11.0. The Morgan fingerprint density at radius 2 is 1.83 bits per heavy atom. The van der Waals surface area contributed by atoms with Crippen LogP contribution in [0.25, 0.3) is 6.08 Å². The highest BCUT2D eigenvalue weighted by Crippen LogP contribution is 2.32. The molecule has 35 heavy (non-hydrogen) atoms. The van der Waals surface area contributed by atoms with E-state index in [-0.39, 0.29) is 30.1 Å². The summed E-state index contributed by atoms with van der Waals surface area (Å²) >= 11 is 0.908. The van der Waals surface area contributed by atoms with Crippen molar-refractivity contribution in [3.05, 3.63) is 99.7 Å². The molecule has 7 nitrogen and oxygen atoms in total. The summed E-state index contributed by atoms with van der Waals surface area (Å²) in [4.78, 5) is 43.3. The summed E-state index contributed by atoms with van der Waals surface area (Å²) in [6.07, 6.45) is 5.16. The van der Waals surface area contributed by atoms with Crippen LogP contribution >= 0.6 is 11.8 Å². The van der Waals surface area contributed by atoms with Gasteiger partial charge in [-0.1, -0.05) is 36.4 Å². The maximum absolute atomic E-state index is 12.7. The van der Waals surface area contributed by atoms with Crippen LogP contribution in [0.1, 0.15) is 32.6 Å². The number of benzene rings is 2. The average molecular weight is 488 g/mol. The highest BCUT2D eigenvalue weighted by Gasteiger charge is 2.34. The maximum atomic E-state index is 12.7. The summed E-state index contributed by atoms with van der Waals surface area (Å²) in [5, 5.41) is 2.46. The van der Waals surface area contributed by atoms with Crippen molar-refractivity contribution in [2.24, 2.45) is 0 Å². The Bertz CT molecular complexity index is 1250. The third-order valence-electron chi connectivity index (χ3n) is 5.42. The number of nitrogens with zero attached hydrogens (tertiary/aromatic N) is 2. The van der Waals surface area contributed by atoms with Crippen molar-refractivity contribution in [1.82, 2.24) is 15.2 Å². The van der Waals surface area contributed by atoms with Crippen LogP contribution in [-0.4, -0.2) is 40.0 Å². The highest BCUT2D eigenvalue weighted by molar-refractivity contribution is 8.18. The molecule has 0 bridgehead atoms. The minimum atomic E-state index is -0.347. The third kappa shape index (κ3) is 5.96. The van der Waals surface area contributed by atoms with Crippen molar-refractivity contribution < 1.29 is 19.1 Å². The zero-order valence-corrected chi connectivity index (χ0v) is 20.3. The Balaban J connectivity index is 1.33. The van der Waals surface area contributed by atoms with Gasteiger partial charge in [0.05, 0.1) is 4.91 Å². The highest BCUT2D eigenvalue weighted by atomic mass is 32.2. The summed E-state index contributed by atoms with van der Waals surface area (Å²) in [6.45, 7) is 4.43. The number of aromatic nitrogens is 1. The first-order valence-electron chi connectivity index (χ1n) is 11.1. The molecule has 1 aliphatic heterocycles. The summed E-state index contributed by atoms with van der Waals surface area (Å²) in [7, 11) is 0. The molecule has 0 radical (unpaired) electrons. The molecule has 0 atom stereocenters. The first-order valence-corrected chi connectivity index (χ1v) is 12.0. The number of ether oxygens (including phenoxy) is 1. The van der Waals surface area contributed by atoms with Crippen LogP contribution in [0.15, 0.2) is 71.9 Å². The van der Waals surface area contributed by atoms with E-state index in [2.05, 4.69) is 10.3 Å². The van der Waals surface area contributed by atoms with Crippen molar-refractivity contribution >= 4 is 34.9 Å². The Labute approximate surface area is 208 Å². The van der Waals surface area contributed by atoms with Gasteiger partial charge in [-0.2, -0.15) is 0 Å². The predicted octanol–water partition coefficient (Wildman–Crippen LogP) is 4.74. The molecule has 1 saturated heterocycles. The van der Waals surface area contributed by atoms with Gasteiger partial charge < -0.3 is 10.1 Å². The first kappa shape index (κ1) is 24.2. The lowest BCUT2D eigenvalue weighted by Gasteiger charge is -2.15. The summed E-state index contributed by atoms with van der Waals surface area (Å²) in [6, 6.07) is 16.7. The zero-order valence-electron chi connectivity index (χ0n) is 19.5. The molecule has 3 amide bonds. The third-order valence-corrected chi connectivity index (χ3v) is 6.33. The molecular formula is C27H25N3O4S. The Morgan fingerprint density at radius 1 is 1.09 bits per heavy atom. The summed E-state index contributed by atoms with van der Waals surface area (Å²) in [5.74, 6) is 0.107. The Hall–Kier alpha value is -3.91. The predicted molar refractivity (Wildman–Crippen MR) is 136 cm³/mol. The summed E-state index contributed by atoms with van der Waals surface area (Å²) < 4.78 is 5.95. The molecule has 0 aliphatic carbocycles. The minimum Gasteiger partial charge on any atom is -0.488 e. The van der Waals surface area contributed by atoms with Gasteiger partial charge in [-0.25, -0.2) is 0 Å². The van der Waals surface area contributed by atoms with Crippen molar-refractivity contribution in [2.45, 2.75) is 20.5 Å². The lowest BCUT2D eigenvalue weighted by molar-refractivity contribution is -0.122. The van der Waals surface area contributed by atoms with Crippen LogP contribution in [-0.2, 0) is 11.4 Å². The van der Waals surface area contributed by atoms with Gasteiger partial charge in [0, 0.05) is 36.6 Å². The van der Waals surface area contributed by atoms with Crippen molar-refractivity contribution in [1.29, 1.82) is 0 Å². The lowest BCUT2D eigenvalue weighted by atomic mass is 10.0. The topological polar surface area (TPSA) is 88.6 Å². The number of carbonyl (C=O) groups is 3. The molecule has 3 aromatic rings. The number of aryl methyl sites for hydroxylation is 2. The zero-order chi connectivity index (χ0) is 24.8. The van der Waals surface area contributed by atoms with Crippen LogP contribution in [0.4, 0.5) is 4.79 Å². The molecule has 1 N–H and O–H groups in total. The quantitative estimate of drug-likeness (QED) is 0.462. The van der Waals surface area contributed by atoms with E-state index in [0.717, 1.165) is 44.7 Å². The van der Waals surface area contributed by atoms with E-state index >= 15 is 0 Å². The second-order valence-electron chi connectivity index (χ2n) is 8.09. The van der Waals surface area contributed by atoms with Crippen molar-refractivity contribution in [3.63, 3.8) is 0 Å². The van der Waals surface area contributed by atoms with E-state index in [1.165, 1.54) is 0 Å². The van der Waals surface area contributed by atoms with Gasteiger partial charge >= 0.3 is 0 Å². The van der Waals surface area contributed by atoms with Crippen LogP contribution < -0.4 is 10.1 Å². The molecule has 0 spiro atoms. The maximum Gasteiger partial charge on any atom is 0.293 e. The average Bonchev–Trinajstić information content (AvgIpc) is 3.12. The first-order chi connectivity index (χ1) is 16.9. The largest absolute Gasteiger partial charge is 0.488 e. The number of hydrogen-bond acceptors (Lipinski definition) is 6. The number of amides is 3.